The first-order valence-electron chi connectivity index (χ1n) is 7.14. The lowest BCUT2D eigenvalue weighted by atomic mass is 10.1. The van der Waals surface area contributed by atoms with E-state index < -0.39 is 0 Å². The molecule has 1 saturated heterocycles. The molecule has 1 aliphatic heterocycles. The highest BCUT2D eigenvalue weighted by Gasteiger charge is 2.22. The molecular weight excluding hydrogens is 224 g/mol. The van der Waals surface area contributed by atoms with Crippen LogP contribution in [0.15, 0.2) is 6.07 Å². The molecule has 2 unspecified atom stereocenters. The van der Waals surface area contributed by atoms with Crippen LogP contribution >= 0.6 is 0 Å². The second-order valence-electron chi connectivity index (χ2n) is 5.36. The lowest BCUT2D eigenvalue weighted by molar-refractivity contribution is 0.0832. The van der Waals surface area contributed by atoms with Crippen molar-refractivity contribution in [3.63, 3.8) is 0 Å². The van der Waals surface area contributed by atoms with Gasteiger partial charge in [0.1, 0.15) is 0 Å². The van der Waals surface area contributed by atoms with Crippen molar-refractivity contribution in [1.29, 1.82) is 0 Å². The molecule has 1 aromatic rings. The van der Waals surface area contributed by atoms with Gasteiger partial charge in [0.05, 0.1) is 6.10 Å². The van der Waals surface area contributed by atoms with E-state index in [4.69, 9.17) is 4.74 Å². The van der Waals surface area contributed by atoms with Gasteiger partial charge in [0.2, 0.25) is 0 Å². The zero-order valence-corrected chi connectivity index (χ0v) is 12.1. The van der Waals surface area contributed by atoms with Crippen LogP contribution in [-0.2, 0) is 17.8 Å². The first kappa shape index (κ1) is 13.6. The van der Waals surface area contributed by atoms with Crippen molar-refractivity contribution in [3.8, 4) is 0 Å². The first-order valence-corrected chi connectivity index (χ1v) is 7.14. The van der Waals surface area contributed by atoms with Crippen LogP contribution in [0.5, 0.6) is 0 Å². The van der Waals surface area contributed by atoms with Gasteiger partial charge in [0, 0.05) is 37.1 Å². The topological polar surface area (TPSA) is 26.2 Å². The van der Waals surface area contributed by atoms with Crippen LogP contribution < -0.4 is 5.32 Å². The summed E-state index contributed by atoms with van der Waals surface area (Å²) in [4.78, 5) is 0. The number of aromatic nitrogens is 1. The predicted molar refractivity (Wildman–Crippen MR) is 74.9 cm³/mol. The Bertz CT molecular complexity index is 391. The highest BCUT2D eigenvalue weighted by molar-refractivity contribution is 5.26. The molecule has 0 radical (unpaired) electrons. The van der Waals surface area contributed by atoms with Crippen molar-refractivity contribution in [2.75, 3.05) is 6.61 Å². The molecule has 1 N–H and O–H groups in total. The molecule has 2 rings (SSSR count). The van der Waals surface area contributed by atoms with E-state index >= 15 is 0 Å². The summed E-state index contributed by atoms with van der Waals surface area (Å²) < 4.78 is 8.08. The smallest absolute Gasteiger partial charge is 0.0726 e. The molecule has 0 bridgehead atoms. The number of nitrogens with one attached hydrogen (secondary N) is 1. The van der Waals surface area contributed by atoms with Crippen LogP contribution in [0, 0.1) is 13.8 Å². The fraction of sp³-hybridized carbons (Fsp3) is 0.733. The third-order valence-electron chi connectivity index (χ3n) is 4.13. The molecule has 1 aromatic heterocycles. The number of aryl methyl sites for hydroxylation is 1. The minimum absolute atomic E-state index is 0.402. The lowest BCUT2D eigenvalue weighted by Crippen LogP contribution is -2.36. The Morgan fingerprint density at radius 1 is 1.50 bits per heavy atom. The molecule has 0 saturated carbocycles. The minimum atomic E-state index is 0.402. The van der Waals surface area contributed by atoms with Gasteiger partial charge in [-0.1, -0.05) is 0 Å². The Labute approximate surface area is 111 Å². The maximum absolute atomic E-state index is 5.72. The zero-order valence-electron chi connectivity index (χ0n) is 12.1. The molecule has 0 spiro atoms. The largest absolute Gasteiger partial charge is 0.377 e. The third-order valence-corrected chi connectivity index (χ3v) is 4.13. The second-order valence-corrected chi connectivity index (χ2v) is 5.36. The van der Waals surface area contributed by atoms with Crippen molar-refractivity contribution in [2.45, 2.75) is 65.8 Å². The number of nitrogens with zero attached hydrogens (tertiary/aromatic N) is 1. The predicted octanol–water partition coefficient (Wildman–Crippen LogP) is 2.78. The van der Waals surface area contributed by atoms with E-state index in [-0.39, 0.29) is 0 Å². The summed E-state index contributed by atoms with van der Waals surface area (Å²) in [5, 5.41) is 3.61. The Balaban J connectivity index is 1.93. The summed E-state index contributed by atoms with van der Waals surface area (Å²) in [7, 11) is 0. The quantitative estimate of drug-likeness (QED) is 0.869. The van der Waals surface area contributed by atoms with E-state index in [9.17, 15) is 0 Å². The second kappa shape index (κ2) is 5.89. The summed E-state index contributed by atoms with van der Waals surface area (Å²) in [5.74, 6) is 0. The standard InChI is InChI=1S/C15H26N2O/c1-5-17-11(2)9-14(13(17)4)10-16-12(3)15-7-6-8-18-15/h9,12,15-16H,5-8,10H2,1-4H3. The van der Waals surface area contributed by atoms with E-state index in [2.05, 4.69) is 43.6 Å². The van der Waals surface area contributed by atoms with Crippen molar-refractivity contribution in [2.24, 2.45) is 0 Å². The Hall–Kier alpha value is -0.800. The fourth-order valence-corrected chi connectivity index (χ4v) is 2.94. The molecule has 2 atom stereocenters. The van der Waals surface area contributed by atoms with Gasteiger partial charge in [-0.05, 0) is 52.2 Å². The van der Waals surface area contributed by atoms with Crippen molar-refractivity contribution >= 4 is 0 Å². The van der Waals surface area contributed by atoms with Gasteiger partial charge in [-0.25, -0.2) is 0 Å². The van der Waals surface area contributed by atoms with Crippen LogP contribution in [0.4, 0.5) is 0 Å². The summed E-state index contributed by atoms with van der Waals surface area (Å²) in [6.07, 6.45) is 2.81. The van der Waals surface area contributed by atoms with E-state index in [1.54, 1.807) is 0 Å². The van der Waals surface area contributed by atoms with Crippen LogP contribution in [0.2, 0.25) is 0 Å². The fourth-order valence-electron chi connectivity index (χ4n) is 2.94. The van der Waals surface area contributed by atoms with Gasteiger partial charge in [-0.3, -0.25) is 0 Å². The zero-order chi connectivity index (χ0) is 13.1. The monoisotopic (exact) mass is 250 g/mol. The Morgan fingerprint density at radius 2 is 2.28 bits per heavy atom. The van der Waals surface area contributed by atoms with Crippen molar-refractivity contribution in [3.05, 3.63) is 23.0 Å². The summed E-state index contributed by atoms with van der Waals surface area (Å²) in [6.45, 7) is 11.8. The summed E-state index contributed by atoms with van der Waals surface area (Å²) in [6, 6.07) is 2.74. The molecule has 0 amide bonds. The molecule has 18 heavy (non-hydrogen) atoms. The van der Waals surface area contributed by atoms with Crippen LogP contribution in [0.3, 0.4) is 0 Å². The lowest BCUT2D eigenvalue weighted by Gasteiger charge is -2.20. The number of rotatable bonds is 5. The van der Waals surface area contributed by atoms with Gasteiger partial charge in [0.25, 0.3) is 0 Å². The summed E-state index contributed by atoms with van der Waals surface area (Å²) in [5.41, 5.74) is 4.16. The average molecular weight is 250 g/mol. The first-order chi connectivity index (χ1) is 8.63. The molecule has 3 heteroatoms. The average Bonchev–Trinajstić information content (AvgIpc) is 2.95. The molecule has 2 heterocycles. The molecule has 0 aromatic carbocycles. The van der Waals surface area contributed by atoms with E-state index in [1.165, 1.54) is 29.8 Å². The third kappa shape index (κ3) is 2.78. The molecule has 0 aliphatic carbocycles. The molecule has 1 aliphatic rings. The van der Waals surface area contributed by atoms with E-state index in [0.717, 1.165) is 19.7 Å². The van der Waals surface area contributed by atoms with Crippen LogP contribution in [0.1, 0.15) is 43.6 Å². The number of ether oxygens (including phenoxy) is 1. The summed E-state index contributed by atoms with van der Waals surface area (Å²) >= 11 is 0. The van der Waals surface area contributed by atoms with Crippen molar-refractivity contribution in [1.82, 2.24) is 9.88 Å². The van der Waals surface area contributed by atoms with E-state index in [0.29, 0.717) is 12.1 Å². The van der Waals surface area contributed by atoms with Gasteiger partial charge >= 0.3 is 0 Å². The van der Waals surface area contributed by atoms with Gasteiger partial charge in [-0.15, -0.1) is 0 Å². The normalized spacial score (nSPS) is 21.4. The van der Waals surface area contributed by atoms with E-state index in [1.807, 2.05) is 0 Å². The highest BCUT2D eigenvalue weighted by atomic mass is 16.5. The molecule has 102 valence electrons. The maximum Gasteiger partial charge on any atom is 0.0726 e. The van der Waals surface area contributed by atoms with Crippen molar-refractivity contribution < 1.29 is 4.74 Å². The van der Waals surface area contributed by atoms with Crippen LogP contribution in [0.25, 0.3) is 0 Å². The molecule has 3 nitrogen and oxygen atoms in total. The number of hydrogen-bond acceptors (Lipinski definition) is 2. The maximum atomic E-state index is 5.72. The Kier molecular flexibility index (Phi) is 4.46. The SMILES string of the molecule is CCn1c(C)cc(CNC(C)C2CCCO2)c1C. The minimum Gasteiger partial charge on any atom is -0.377 e. The molecule has 1 fully saturated rings. The van der Waals surface area contributed by atoms with Crippen LogP contribution in [-0.4, -0.2) is 23.3 Å². The number of hydrogen-bond donors (Lipinski definition) is 1. The highest BCUT2D eigenvalue weighted by Crippen LogP contribution is 2.18. The van der Waals surface area contributed by atoms with Gasteiger partial charge in [-0.2, -0.15) is 0 Å². The van der Waals surface area contributed by atoms with Gasteiger partial charge in [0.15, 0.2) is 0 Å². The molecular formula is C15H26N2O. The Morgan fingerprint density at radius 3 is 2.83 bits per heavy atom. The van der Waals surface area contributed by atoms with Gasteiger partial charge < -0.3 is 14.6 Å².